The maximum absolute atomic E-state index is 11.2. The molecular formula is C7H11N3OS. The number of aromatic nitrogens is 3. The van der Waals surface area contributed by atoms with Crippen LogP contribution in [-0.2, 0) is 6.54 Å². The maximum atomic E-state index is 11.2. The van der Waals surface area contributed by atoms with Crippen LogP contribution < -0.4 is 5.56 Å². The van der Waals surface area contributed by atoms with Gasteiger partial charge in [-0.25, -0.2) is 0 Å². The highest BCUT2D eigenvalue weighted by Crippen LogP contribution is 1.90. The van der Waals surface area contributed by atoms with Crippen LogP contribution in [0.1, 0.15) is 19.8 Å². The van der Waals surface area contributed by atoms with Gasteiger partial charge in [-0.15, -0.1) is 0 Å². The van der Waals surface area contributed by atoms with E-state index < -0.39 is 0 Å². The number of rotatable bonds is 3. The van der Waals surface area contributed by atoms with Gasteiger partial charge in [0.25, 0.3) is 5.56 Å². The molecule has 0 radical (unpaired) electrons. The lowest BCUT2D eigenvalue weighted by atomic mass is 10.3. The van der Waals surface area contributed by atoms with E-state index in [0.717, 1.165) is 12.8 Å². The van der Waals surface area contributed by atoms with Crippen molar-refractivity contribution < 1.29 is 0 Å². The van der Waals surface area contributed by atoms with E-state index in [1.165, 1.54) is 10.8 Å². The summed E-state index contributed by atoms with van der Waals surface area (Å²) in [6.07, 6.45) is 3.25. The van der Waals surface area contributed by atoms with Crippen LogP contribution >= 0.6 is 12.2 Å². The van der Waals surface area contributed by atoms with Gasteiger partial charge in [-0.2, -0.15) is 5.10 Å². The van der Waals surface area contributed by atoms with Gasteiger partial charge in [0.1, 0.15) is 6.20 Å². The van der Waals surface area contributed by atoms with Gasteiger partial charge in [0.05, 0.1) is 0 Å². The molecule has 0 aromatic carbocycles. The highest BCUT2D eigenvalue weighted by Gasteiger charge is 1.95. The molecule has 12 heavy (non-hydrogen) atoms. The van der Waals surface area contributed by atoms with Crippen LogP contribution in [0.4, 0.5) is 0 Å². The van der Waals surface area contributed by atoms with E-state index in [1.54, 1.807) is 0 Å². The quantitative estimate of drug-likeness (QED) is 0.717. The number of nitrogens with one attached hydrogen (secondary N) is 1. The first kappa shape index (κ1) is 9.12. The Kier molecular flexibility index (Phi) is 3.16. The summed E-state index contributed by atoms with van der Waals surface area (Å²) in [4.78, 5) is 11.2. The largest absolute Gasteiger partial charge is 0.283 e. The fourth-order valence-electron chi connectivity index (χ4n) is 0.901. The summed E-state index contributed by atoms with van der Waals surface area (Å²) in [6, 6.07) is 0. The zero-order chi connectivity index (χ0) is 8.97. The van der Waals surface area contributed by atoms with Crippen molar-refractivity contribution in [3.8, 4) is 0 Å². The fourth-order valence-corrected chi connectivity index (χ4v) is 1.13. The Morgan fingerprint density at radius 1 is 1.75 bits per heavy atom. The molecule has 1 aromatic rings. The Morgan fingerprint density at radius 3 is 3.08 bits per heavy atom. The minimum atomic E-state index is -0.132. The van der Waals surface area contributed by atoms with Gasteiger partial charge < -0.3 is 0 Å². The first-order chi connectivity index (χ1) is 5.75. The Labute approximate surface area is 75.2 Å². The molecule has 66 valence electrons. The summed E-state index contributed by atoms with van der Waals surface area (Å²) in [7, 11) is 0. The van der Waals surface area contributed by atoms with Crippen LogP contribution in [0.5, 0.6) is 0 Å². The SMILES string of the molecule is CCCCn1c(=O)cn[nH]c1=S. The van der Waals surface area contributed by atoms with Crippen molar-refractivity contribution in [3.63, 3.8) is 0 Å². The van der Waals surface area contributed by atoms with Gasteiger partial charge >= 0.3 is 0 Å². The molecule has 0 atom stereocenters. The van der Waals surface area contributed by atoms with Gasteiger partial charge in [0, 0.05) is 6.54 Å². The molecular weight excluding hydrogens is 174 g/mol. The zero-order valence-corrected chi connectivity index (χ0v) is 7.73. The molecule has 0 saturated heterocycles. The third-order valence-electron chi connectivity index (χ3n) is 1.58. The standard InChI is InChI=1S/C7H11N3OS/c1-2-3-4-10-6(11)5-8-9-7(10)12/h5H,2-4H2,1H3,(H,9,12). The molecule has 0 unspecified atom stereocenters. The second-order valence-electron chi connectivity index (χ2n) is 2.52. The Morgan fingerprint density at radius 2 is 2.50 bits per heavy atom. The molecule has 0 spiro atoms. The second-order valence-corrected chi connectivity index (χ2v) is 2.91. The average molecular weight is 185 g/mol. The average Bonchev–Trinajstić information content (AvgIpc) is 2.04. The molecule has 4 nitrogen and oxygen atoms in total. The molecule has 1 aromatic heterocycles. The number of hydrogen-bond acceptors (Lipinski definition) is 3. The van der Waals surface area contributed by atoms with Crippen LogP contribution in [0.15, 0.2) is 11.0 Å². The Bertz CT molecular complexity index is 326. The third-order valence-corrected chi connectivity index (χ3v) is 1.89. The predicted molar refractivity (Wildman–Crippen MR) is 48.6 cm³/mol. The molecule has 0 aliphatic heterocycles. The number of H-pyrrole nitrogens is 1. The van der Waals surface area contributed by atoms with Crippen molar-refractivity contribution in [2.75, 3.05) is 0 Å². The van der Waals surface area contributed by atoms with E-state index in [-0.39, 0.29) is 5.56 Å². The normalized spacial score (nSPS) is 10.1. The minimum absolute atomic E-state index is 0.132. The molecule has 1 rings (SSSR count). The highest BCUT2D eigenvalue weighted by atomic mass is 32.1. The van der Waals surface area contributed by atoms with E-state index in [9.17, 15) is 4.79 Å². The second kappa shape index (κ2) is 4.15. The van der Waals surface area contributed by atoms with E-state index in [2.05, 4.69) is 17.1 Å². The van der Waals surface area contributed by atoms with Crippen molar-refractivity contribution in [2.45, 2.75) is 26.3 Å². The van der Waals surface area contributed by atoms with Crippen molar-refractivity contribution in [1.82, 2.24) is 14.8 Å². The van der Waals surface area contributed by atoms with Crippen molar-refractivity contribution >= 4 is 12.2 Å². The Balaban J connectivity index is 2.97. The van der Waals surface area contributed by atoms with E-state index in [0.29, 0.717) is 11.3 Å². The van der Waals surface area contributed by atoms with Gasteiger partial charge in [0.2, 0.25) is 0 Å². The van der Waals surface area contributed by atoms with Gasteiger partial charge in [-0.1, -0.05) is 13.3 Å². The monoisotopic (exact) mass is 185 g/mol. The summed E-state index contributed by atoms with van der Waals surface area (Å²) < 4.78 is 1.92. The molecule has 5 heteroatoms. The molecule has 1 N–H and O–H groups in total. The molecule has 0 fully saturated rings. The fraction of sp³-hybridized carbons (Fsp3) is 0.571. The molecule has 0 saturated carbocycles. The lowest BCUT2D eigenvalue weighted by molar-refractivity contribution is 0.583. The Hall–Kier alpha value is -0.970. The summed E-state index contributed by atoms with van der Waals surface area (Å²) >= 11 is 4.90. The lowest BCUT2D eigenvalue weighted by Gasteiger charge is -2.01. The van der Waals surface area contributed by atoms with E-state index in [1.807, 2.05) is 0 Å². The molecule has 0 amide bonds. The van der Waals surface area contributed by atoms with Crippen molar-refractivity contribution in [2.24, 2.45) is 0 Å². The van der Waals surface area contributed by atoms with Crippen LogP contribution in [0.2, 0.25) is 0 Å². The zero-order valence-electron chi connectivity index (χ0n) is 6.91. The number of hydrogen-bond donors (Lipinski definition) is 1. The van der Waals surface area contributed by atoms with Crippen molar-refractivity contribution in [3.05, 3.63) is 21.3 Å². The number of unbranched alkanes of at least 4 members (excludes halogenated alkanes) is 1. The third kappa shape index (κ3) is 2.01. The smallest absolute Gasteiger partial charge is 0.273 e. The van der Waals surface area contributed by atoms with Crippen LogP contribution in [0, 0.1) is 4.77 Å². The summed E-state index contributed by atoms with van der Waals surface area (Å²) in [5, 5.41) is 6.17. The number of aromatic amines is 1. The lowest BCUT2D eigenvalue weighted by Crippen LogP contribution is -2.21. The first-order valence-electron chi connectivity index (χ1n) is 3.90. The van der Waals surface area contributed by atoms with Crippen molar-refractivity contribution in [1.29, 1.82) is 0 Å². The highest BCUT2D eigenvalue weighted by molar-refractivity contribution is 7.71. The van der Waals surface area contributed by atoms with E-state index in [4.69, 9.17) is 12.2 Å². The first-order valence-corrected chi connectivity index (χ1v) is 4.31. The molecule has 0 bridgehead atoms. The summed E-state index contributed by atoms with van der Waals surface area (Å²) in [5.41, 5.74) is -0.132. The van der Waals surface area contributed by atoms with Gasteiger partial charge in [0.15, 0.2) is 4.77 Å². The summed E-state index contributed by atoms with van der Waals surface area (Å²) in [6.45, 7) is 2.74. The van der Waals surface area contributed by atoms with Crippen LogP contribution in [0.25, 0.3) is 0 Å². The number of nitrogens with zero attached hydrogens (tertiary/aromatic N) is 2. The maximum Gasteiger partial charge on any atom is 0.273 e. The van der Waals surface area contributed by atoms with E-state index >= 15 is 0 Å². The van der Waals surface area contributed by atoms with Crippen LogP contribution in [-0.4, -0.2) is 14.8 Å². The minimum Gasteiger partial charge on any atom is -0.283 e. The summed E-state index contributed by atoms with van der Waals surface area (Å²) in [5.74, 6) is 0. The topological polar surface area (TPSA) is 50.7 Å². The molecule has 0 aliphatic rings. The molecule has 1 heterocycles. The van der Waals surface area contributed by atoms with Crippen LogP contribution in [0.3, 0.4) is 0 Å². The predicted octanol–water partition coefficient (Wildman–Crippen LogP) is 1.10. The van der Waals surface area contributed by atoms with Gasteiger partial charge in [-0.3, -0.25) is 14.5 Å². The van der Waals surface area contributed by atoms with Gasteiger partial charge in [-0.05, 0) is 18.6 Å². The molecule has 0 aliphatic carbocycles.